The maximum atomic E-state index is 5.96. The van der Waals surface area contributed by atoms with Gasteiger partial charge in [-0.1, -0.05) is 24.3 Å². The van der Waals surface area contributed by atoms with E-state index in [9.17, 15) is 0 Å². The molecule has 22 heavy (non-hydrogen) atoms. The first-order valence-corrected chi connectivity index (χ1v) is 7.96. The lowest BCUT2D eigenvalue weighted by Crippen LogP contribution is -2.27. The molecule has 4 nitrogen and oxygen atoms in total. The number of benzene rings is 1. The summed E-state index contributed by atoms with van der Waals surface area (Å²) in [6.45, 7) is 3.72. The molecule has 0 radical (unpaired) electrons. The molecule has 114 valence electrons. The molecule has 4 rings (SSSR count). The quantitative estimate of drug-likeness (QED) is 0.855. The van der Waals surface area contributed by atoms with Gasteiger partial charge in [0.25, 0.3) is 0 Å². The highest BCUT2D eigenvalue weighted by atomic mass is 16.5. The van der Waals surface area contributed by atoms with Crippen molar-refractivity contribution in [1.29, 1.82) is 0 Å². The van der Waals surface area contributed by atoms with Crippen molar-refractivity contribution in [2.75, 3.05) is 13.1 Å². The number of hydrogen-bond acceptors (Lipinski definition) is 4. The number of piperidine rings is 1. The van der Waals surface area contributed by atoms with Crippen molar-refractivity contribution < 1.29 is 4.74 Å². The third kappa shape index (κ3) is 2.85. The number of fused-ring (bicyclic) bond motifs is 1. The van der Waals surface area contributed by atoms with Crippen molar-refractivity contribution in [2.45, 2.75) is 19.2 Å². The number of nitrogens with zero attached hydrogens (tertiary/aromatic N) is 1. The molecule has 2 heterocycles. The van der Waals surface area contributed by atoms with Gasteiger partial charge in [-0.2, -0.15) is 0 Å². The molecule has 0 spiro atoms. The van der Waals surface area contributed by atoms with Crippen LogP contribution in [-0.2, 0) is 13.2 Å². The number of nitrogens with one attached hydrogen (secondary N) is 2. The standard InChI is InChI=1S/C18H21N3O/c1-2-7-17(22-12-14-6-3-4-8-20-14)13(5-1)9-21-18-15-10-19-11-16(15)18/h1-8,15-16,18-19,21H,9-12H2/t15-,16+,18?. The molecule has 1 aromatic carbocycles. The molecule has 2 aliphatic rings. The fourth-order valence-corrected chi connectivity index (χ4v) is 3.37. The van der Waals surface area contributed by atoms with Crippen molar-refractivity contribution in [2.24, 2.45) is 11.8 Å². The number of para-hydroxylation sites is 1. The monoisotopic (exact) mass is 295 g/mol. The first-order valence-electron chi connectivity index (χ1n) is 7.96. The molecule has 1 aliphatic heterocycles. The second kappa shape index (κ2) is 6.07. The van der Waals surface area contributed by atoms with Gasteiger partial charge < -0.3 is 15.4 Å². The molecule has 4 heteroatoms. The smallest absolute Gasteiger partial charge is 0.130 e. The molecule has 0 amide bonds. The van der Waals surface area contributed by atoms with Crippen molar-refractivity contribution in [3.8, 4) is 5.75 Å². The Kier molecular flexibility index (Phi) is 3.79. The van der Waals surface area contributed by atoms with E-state index >= 15 is 0 Å². The fraction of sp³-hybridized carbons (Fsp3) is 0.389. The number of hydrogen-bond donors (Lipinski definition) is 2. The Balaban J connectivity index is 1.36. The normalized spacial score (nSPS) is 25.7. The molecule has 1 saturated carbocycles. The molecule has 3 atom stereocenters. The van der Waals surface area contributed by atoms with Crippen LogP contribution in [0, 0.1) is 11.8 Å². The Morgan fingerprint density at radius 3 is 2.73 bits per heavy atom. The average molecular weight is 295 g/mol. The predicted octanol–water partition coefficient (Wildman–Crippen LogP) is 1.97. The molecule has 2 N–H and O–H groups in total. The lowest BCUT2D eigenvalue weighted by Gasteiger charge is -2.13. The summed E-state index contributed by atoms with van der Waals surface area (Å²) >= 11 is 0. The van der Waals surface area contributed by atoms with E-state index in [0.717, 1.165) is 29.8 Å². The fourth-order valence-electron chi connectivity index (χ4n) is 3.37. The minimum Gasteiger partial charge on any atom is -0.487 e. The van der Waals surface area contributed by atoms with Gasteiger partial charge in [-0.3, -0.25) is 4.98 Å². The maximum absolute atomic E-state index is 5.96. The topological polar surface area (TPSA) is 46.2 Å². The summed E-state index contributed by atoms with van der Waals surface area (Å²) in [5.74, 6) is 2.62. The highest BCUT2D eigenvalue weighted by molar-refractivity contribution is 5.33. The summed E-state index contributed by atoms with van der Waals surface area (Å²) < 4.78 is 5.96. The van der Waals surface area contributed by atoms with E-state index in [4.69, 9.17) is 4.74 Å². The highest BCUT2D eigenvalue weighted by Gasteiger charge is 2.52. The van der Waals surface area contributed by atoms with Gasteiger partial charge in [0.15, 0.2) is 0 Å². The minimum absolute atomic E-state index is 0.510. The maximum Gasteiger partial charge on any atom is 0.130 e. The summed E-state index contributed by atoms with van der Waals surface area (Å²) in [7, 11) is 0. The van der Waals surface area contributed by atoms with E-state index in [2.05, 4.69) is 27.8 Å². The predicted molar refractivity (Wildman–Crippen MR) is 85.5 cm³/mol. The Morgan fingerprint density at radius 2 is 1.91 bits per heavy atom. The van der Waals surface area contributed by atoms with E-state index in [0.29, 0.717) is 12.6 Å². The van der Waals surface area contributed by atoms with Gasteiger partial charge in [0.05, 0.1) is 5.69 Å². The second-order valence-electron chi connectivity index (χ2n) is 6.11. The van der Waals surface area contributed by atoms with Crippen LogP contribution in [0.2, 0.25) is 0 Å². The van der Waals surface area contributed by atoms with E-state index in [1.54, 1.807) is 6.20 Å². The van der Waals surface area contributed by atoms with Crippen LogP contribution >= 0.6 is 0 Å². The first kappa shape index (κ1) is 13.7. The Hall–Kier alpha value is -1.91. The van der Waals surface area contributed by atoms with E-state index in [1.165, 1.54) is 18.7 Å². The number of aromatic nitrogens is 1. The molecule has 2 aromatic rings. The lowest BCUT2D eigenvalue weighted by atomic mass is 10.2. The summed E-state index contributed by atoms with van der Waals surface area (Å²) in [4.78, 5) is 4.30. The number of ether oxygens (including phenoxy) is 1. The third-order valence-corrected chi connectivity index (χ3v) is 4.69. The van der Waals surface area contributed by atoms with Gasteiger partial charge in [-0.05, 0) is 43.1 Å². The van der Waals surface area contributed by atoms with Gasteiger partial charge in [0.2, 0.25) is 0 Å². The minimum atomic E-state index is 0.510. The summed E-state index contributed by atoms with van der Waals surface area (Å²) in [5, 5.41) is 7.11. The van der Waals surface area contributed by atoms with E-state index in [1.807, 2.05) is 30.3 Å². The molecular formula is C18H21N3O. The van der Waals surface area contributed by atoms with Crippen molar-refractivity contribution in [3.63, 3.8) is 0 Å². The molecule has 1 aromatic heterocycles. The van der Waals surface area contributed by atoms with Gasteiger partial charge >= 0.3 is 0 Å². The van der Waals surface area contributed by atoms with Gasteiger partial charge in [0, 0.05) is 24.3 Å². The number of rotatable bonds is 6. The lowest BCUT2D eigenvalue weighted by molar-refractivity contribution is 0.297. The van der Waals surface area contributed by atoms with Crippen molar-refractivity contribution in [3.05, 3.63) is 59.9 Å². The zero-order valence-electron chi connectivity index (χ0n) is 12.5. The van der Waals surface area contributed by atoms with E-state index < -0.39 is 0 Å². The SMILES string of the molecule is c1ccc(COc2ccccc2CNC2[C@H]3CNC[C@@H]23)nc1. The largest absolute Gasteiger partial charge is 0.487 e. The summed E-state index contributed by atoms with van der Waals surface area (Å²) in [6.07, 6.45) is 1.80. The molecule has 0 bridgehead atoms. The van der Waals surface area contributed by atoms with Gasteiger partial charge in [-0.25, -0.2) is 0 Å². The van der Waals surface area contributed by atoms with Crippen LogP contribution in [0.15, 0.2) is 48.7 Å². The molecule has 1 saturated heterocycles. The molecule has 2 fully saturated rings. The Labute approximate surface area is 130 Å². The molecule has 1 aliphatic carbocycles. The number of pyridine rings is 1. The second-order valence-corrected chi connectivity index (χ2v) is 6.11. The summed E-state index contributed by atoms with van der Waals surface area (Å²) in [5.41, 5.74) is 2.17. The van der Waals surface area contributed by atoms with Crippen LogP contribution < -0.4 is 15.4 Å². The summed E-state index contributed by atoms with van der Waals surface area (Å²) in [6, 6.07) is 14.8. The van der Waals surface area contributed by atoms with Gasteiger partial charge in [0.1, 0.15) is 12.4 Å². The zero-order valence-corrected chi connectivity index (χ0v) is 12.5. The Morgan fingerprint density at radius 1 is 1.09 bits per heavy atom. The van der Waals surface area contributed by atoms with Crippen molar-refractivity contribution >= 4 is 0 Å². The van der Waals surface area contributed by atoms with Gasteiger partial charge in [-0.15, -0.1) is 0 Å². The average Bonchev–Trinajstić information content (AvgIpc) is 3.00. The van der Waals surface area contributed by atoms with Crippen LogP contribution in [0.25, 0.3) is 0 Å². The molecule has 1 unspecified atom stereocenters. The van der Waals surface area contributed by atoms with Crippen LogP contribution in [0.5, 0.6) is 5.75 Å². The highest BCUT2D eigenvalue weighted by Crippen LogP contribution is 2.41. The third-order valence-electron chi connectivity index (χ3n) is 4.69. The van der Waals surface area contributed by atoms with E-state index in [-0.39, 0.29) is 0 Å². The van der Waals surface area contributed by atoms with Crippen LogP contribution in [0.1, 0.15) is 11.3 Å². The first-order chi connectivity index (χ1) is 10.9. The van der Waals surface area contributed by atoms with Crippen LogP contribution in [0.3, 0.4) is 0 Å². The molecular weight excluding hydrogens is 274 g/mol. The van der Waals surface area contributed by atoms with Crippen LogP contribution in [-0.4, -0.2) is 24.1 Å². The van der Waals surface area contributed by atoms with Crippen LogP contribution in [0.4, 0.5) is 0 Å². The zero-order chi connectivity index (χ0) is 14.8. The Bertz CT molecular complexity index is 621. The van der Waals surface area contributed by atoms with Crippen molar-refractivity contribution in [1.82, 2.24) is 15.6 Å².